The monoisotopic (exact) mass is 456 g/mol. The normalized spacial score (nSPS) is 14.0. The van der Waals surface area contributed by atoms with Crippen molar-refractivity contribution in [3.8, 4) is 17.0 Å². The lowest BCUT2D eigenvalue weighted by molar-refractivity contribution is 0.338. The van der Waals surface area contributed by atoms with Gasteiger partial charge in [0.15, 0.2) is 0 Å². The van der Waals surface area contributed by atoms with Gasteiger partial charge in [0.05, 0.1) is 30.3 Å². The molecular formula is C26H28N6O2. The predicted molar refractivity (Wildman–Crippen MR) is 133 cm³/mol. The number of nitrogens with zero attached hydrogens (tertiary/aromatic N) is 5. The molecule has 0 aliphatic carbocycles. The molecule has 2 N–H and O–H groups in total. The number of hydrogen-bond acceptors (Lipinski definition) is 7. The van der Waals surface area contributed by atoms with E-state index in [0.717, 1.165) is 48.8 Å². The molecule has 0 unspecified atom stereocenters. The number of rotatable bonds is 7. The van der Waals surface area contributed by atoms with E-state index in [0.29, 0.717) is 23.1 Å². The van der Waals surface area contributed by atoms with Gasteiger partial charge in [0.2, 0.25) is 5.95 Å². The smallest absolute Gasteiger partial charge is 0.261 e. The van der Waals surface area contributed by atoms with Crippen molar-refractivity contribution >= 4 is 16.9 Å². The third kappa shape index (κ3) is 4.63. The molecule has 1 aliphatic rings. The Labute approximate surface area is 198 Å². The van der Waals surface area contributed by atoms with Crippen LogP contribution >= 0.6 is 0 Å². The van der Waals surface area contributed by atoms with E-state index in [9.17, 15) is 4.79 Å². The maximum Gasteiger partial charge on any atom is 0.261 e. The highest BCUT2D eigenvalue weighted by Gasteiger charge is 2.16. The molecule has 1 saturated heterocycles. The van der Waals surface area contributed by atoms with Crippen molar-refractivity contribution in [2.24, 2.45) is 0 Å². The summed E-state index contributed by atoms with van der Waals surface area (Å²) in [4.78, 5) is 29.4. The van der Waals surface area contributed by atoms with E-state index >= 15 is 0 Å². The number of anilines is 1. The maximum absolute atomic E-state index is 13.8. The number of hydrogen-bond donors (Lipinski definition) is 1. The molecule has 0 bridgehead atoms. The largest absolute Gasteiger partial charge is 0.497 e. The molecule has 3 heterocycles. The number of methoxy groups -OCH3 is 1. The van der Waals surface area contributed by atoms with Crippen LogP contribution in [0.2, 0.25) is 0 Å². The predicted octanol–water partition coefficient (Wildman–Crippen LogP) is 3.13. The maximum atomic E-state index is 13.8. The third-order valence-electron chi connectivity index (χ3n) is 6.33. The van der Waals surface area contributed by atoms with Gasteiger partial charge in [-0.05, 0) is 61.8 Å². The van der Waals surface area contributed by atoms with Crippen molar-refractivity contribution in [1.29, 1.82) is 0 Å². The highest BCUT2D eigenvalue weighted by atomic mass is 16.5. The number of ether oxygens (including phenoxy) is 1. The van der Waals surface area contributed by atoms with Crippen LogP contribution < -0.4 is 16.0 Å². The van der Waals surface area contributed by atoms with Gasteiger partial charge in [-0.15, -0.1) is 0 Å². The summed E-state index contributed by atoms with van der Waals surface area (Å²) in [5, 5.41) is 0.558. The Hall–Kier alpha value is -3.78. The lowest BCUT2D eigenvalue weighted by Gasteiger charge is -2.18. The van der Waals surface area contributed by atoms with Crippen molar-refractivity contribution in [3.63, 3.8) is 0 Å². The second kappa shape index (κ2) is 9.61. The molecule has 2 aromatic carbocycles. The van der Waals surface area contributed by atoms with Crippen molar-refractivity contribution < 1.29 is 4.74 Å². The second-order valence-electron chi connectivity index (χ2n) is 8.60. The molecule has 1 fully saturated rings. The lowest BCUT2D eigenvalue weighted by Crippen LogP contribution is -2.29. The summed E-state index contributed by atoms with van der Waals surface area (Å²) in [6.07, 6.45) is 4.80. The number of aromatic nitrogens is 4. The molecule has 8 nitrogen and oxygen atoms in total. The lowest BCUT2D eigenvalue weighted by atomic mass is 10.1. The number of fused-ring (bicyclic) bond motifs is 1. The second-order valence-corrected chi connectivity index (χ2v) is 8.60. The molecule has 0 saturated carbocycles. The standard InChI is InChI=1S/C26H28N6O2/c1-34-20-6-4-5-18(15-20)17-32-24(10-14-31-12-2-3-13-31)29-23-8-7-19(16-21(23)25(32)33)22-9-11-28-26(27)30-22/h4-9,11,15-16H,2-3,10,12-14,17H2,1H3,(H2,27,28,30). The van der Waals surface area contributed by atoms with Gasteiger partial charge in [-0.25, -0.2) is 15.0 Å². The van der Waals surface area contributed by atoms with Crippen molar-refractivity contribution in [3.05, 3.63) is 76.5 Å². The average Bonchev–Trinajstić information content (AvgIpc) is 3.38. The van der Waals surface area contributed by atoms with E-state index < -0.39 is 0 Å². The van der Waals surface area contributed by atoms with Crippen LogP contribution in [-0.2, 0) is 13.0 Å². The van der Waals surface area contributed by atoms with Crippen LogP contribution in [0.5, 0.6) is 5.75 Å². The van der Waals surface area contributed by atoms with Gasteiger partial charge < -0.3 is 15.4 Å². The van der Waals surface area contributed by atoms with Gasteiger partial charge >= 0.3 is 0 Å². The fraction of sp³-hybridized carbons (Fsp3) is 0.308. The van der Waals surface area contributed by atoms with Gasteiger partial charge in [0.1, 0.15) is 11.6 Å². The summed E-state index contributed by atoms with van der Waals surface area (Å²) < 4.78 is 7.18. The van der Waals surface area contributed by atoms with Crippen LogP contribution in [0, 0.1) is 0 Å². The SMILES string of the molecule is COc1cccc(Cn2c(CCN3CCCC3)nc3ccc(-c4ccnc(N)n4)cc3c2=O)c1. The molecule has 0 amide bonds. The molecule has 8 heteroatoms. The van der Waals surface area contributed by atoms with E-state index in [1.54, 1.807) is 23.9 Å². The minimum Gasteiger partial charge on any atom is -0.497 e. The number of benzene rings is 2. The van der Waals surface area contributed by atoms with E-state index in [-0.39, 0.29) is 11.5 Å². The third-order valence-corrected chi connectivity index (χ3v) is 6.33. The Morgan fingerprint density at radius 2 is 1.91 bits per heavy atom. The first-order valence-corrected chi connectivity index (χ1v) is 11.6. The van der Waals surface area contributed by atoms with E-state index in [1.165, 1.54) is 12.8 Å². The topological polar surface area (TPSA) is 99.2 Å². The van der Waals surface area contributed by atoms with Gasteiger partial charge in [0, 0.05) is 24.7 Å². The summed E-state index contributed by atoms with van der Waals surface area (Å²) in [5.41, 5.74) is 8.86. The van der Waals surface area contributed by atoms with Crippen molar-refractivity contribution in [2.45, 2.75) is 25.8 Å². The van der Waals surface area contributed by atoms with E-state index in [2.05, 4.69) is 14.9 Å². The van der Waals surface area contributed by atoms with E-state index in [1.807, 2.05) is 42.5 Å². The first-order chi connectivity index (χ1) is 16.6. The highest BCUT2D eigenvalue weighted by molar-refractivity contribution is 5.83. The summed E-state index contributed by atoms with van der Waals surface area (Å²) >= 11 is 0. The summed E-state index contributed by atoms with van der Waals surface area (Å²) in [6, 6.07) is 15.2. The van der Waals surface area contributed by atoms with Crippen LogP contribution in [0.4, 0.5) is 5.95 Å². The van der Waals surface area contributed by atoms with Crippen LogP contribution in [0.3, 0.4) is 0 Å². The Morgan fingerprint density at radius 1 is 1.06 bits per heavy atom. The van der Waals surface area contributed by atoms with Crippen molar-refractivity contribution in [1.82, 2.24) is 24.4 Å². The Balaban J connectivity index is 1.58. The Morgan fingerprint density at radius 3 is 2.71 bits per heavy atom. The Kier molecular flexibility index (Phi) is 6.22. The minimum atomic E-state index is -0.0619. The fourth-order valence-electron chi connectivity index (χ4n) is 4.53. The molecule has 4 aromatic rings. The zero-order valence-corrected chi connectivity index (χ0v) is 19.3. The first-order valence-electron chi connectivity index (χ1n) is 11.6. The van der Waals surface area contributed by atoms with Gasteiger partial charge in [-0.2, -0.15) is 0 Å². The Bertz CT molecular complexity index is 1380. The quantitative estimate of drug-likeness (QED) is 0.456. The first kappa shape index (κ1) is 22.0. The van der Waals surface area contributed by atoms with E-state index in [4.69, 9.17) is 15.5 Å². The highest BCUT2D eigenvalue weighted by Crippen LogP contribution is 2.22. The average molecular weight is 457 g/mol. The number of nitrogen functional groups attached to an aromatic ring is 1. The van der Waals surface area contributed by atoms with Crippen LogP contribution in [0.25, 0.3) is 22.2 Å². The van der Waals surface area contributed by atoms with Crippen LogP contribution in [0.15, 0.2) is 59.5 Å². The molecule has 0 spiro atoms. The van der Waals surface area contributed by atoms with Crippen LogP contribution in [0.1, 0.15) is 24.2 Å². The number of likely N-dealkylation sites (tertiary alicyclic amines) is 1. The molecule has 174 valence electrons. The van der Waals surface area contributed by atoms with Gasteiger partial charge in [0.25, 0.3) is 5.56 Å². The number of nitrogens with two attached hydrogens (primary N) is 1. The molecule has 34 heavy (non-hydrogen) atoms. The molecule has 1 aliphatic heterocycles. The summed E-state index contributed by atoms with van der Waals surface area (Å²) in [5.74, 6) is 1.76. The van der Waals surface area contributed by atoms with Gasteiger partial charge in [-0.1, -0.05) is 18.2 Å². The molecular weight excluding hydrogens is 428 g/mol. The zero-order valence-electron chi connectivity index (χ0n) is 19.3. The summed E-state index contributed by atoms with van der Waals surface area (Å²) in [6.45, 7) is 3.55. The van der Waals surface area contributed by atoms with Crippen molar-refractivity contribution in [2.75, 3.05) is 32.5 Å². The van der Waals surface area contributed by atoms with Gasteiger partial charge in [-0.3, -0.25) is 9.36 Å². The molecule has 0 radical (unpaired) electrons. The fourth-order valence-corrected chi connectivity index (χ4v) is 4.53. The molecule has 5 rings (SSSR count). The zero-order chi connectivity index (χ0) is 23.5. The summed E-state index contributed by atoms with van der Waals surface area (Å²) in [7, 11) is 1.64. The minimum absolute atomic E-state index is 0.0619. The molecule has 0 atom stereocenters. The van der Waals surface area contributed by atoms with Crippen LogP contribution in [-0.4, -0.2) is 51.2 Å². The molecule has 2 aromatic heterocycles.